The Kier molecular flexibility index (Phi) is 11.5. The second-order valence-electron chi connectivity index (χ2n) is 19.8. The zero-order valence-electron chi connectivity index (χ0n) is 40.9. The van der Waals surface area contributed by atoms with E-state index in [-0.39, 0.29) is 25.7 Å². The van der Waals surface area contributed by atoms with Crippen LogP contribution in [0.2, 0.25) is 0 Å². The molecule has 14 rings (SSSR count). The predicted octanol–water partition coefficient (Wildman–Crippen LogP) is 15.3. The Bertz CT molecular complexity index is 4020. The molecule has 8 nitrogen and oxygen atoms in total. The zero-order valence-corrected chi connectivity index (χ0v) is 40.9. The molecule has 74 heavy (non-hydrogen) atoms. The number of hydrogen-bond donors (Lipinski definition) is 0. The van der Waals surface area contributed by atoms with Crippen LogP contribution < -0.4 is 5.46 Å². The number of hydrogen-bond acceptors (Lipinski definition) is 6. The molecule has 0 bridgehead atoms. The molecule has 1 aliphatic heterocycles. The van der Waals surface area contributed by atoms with E-state index in [1.807, 2.05) is 63.8 Å². The minimum Gasteiger partial charge on any atom is -0.399 e. The molecule has 5 aromatic heterocycles. The van der Waals surface area contributed by atoms with Gasteiger partial charge in [0.25, 0.3) is 0 Å². The van der Waals surface area contributed by atoms with Crippen molar-refractivity contribution >= 4 is 67.0 Å². The van der Waals surface area contributed by atoms with E-state index in [0.717, 1.165) is 67.4 Å². The monoisotopic (exact) mass is 960 g/mol. The molecular formula is C65H53BN6O2. The molecule has 0 unspecified atom stereocenters. The highest BCUT2D eigenvalue weighted by Crippen LogP contribution is 2.40. The highest BCUT2D eigenvalue weighted by molar-refractivity contribution is 6.62. The smallest absolute Gasteiger partial charge is 0.399 e. The van der Waals surface area contributed by atoms with E-state index in [1.54, 1.807) is 0 Å². The summed E-state index contributed by atoms with van der Waals surface area (Å²) in [6.07, 6.45) is 8.13. The van der Waals surface area contributed by atoms with E-state index in [0.29, 0.717) is 5.82 Å². The van der Waals surface area contributed by atoms with Crippen LogP contribution >= 0.6 is 0 Å². The predicted molar refractivity (Wildman–Crippen MR) is 306 cm³/mol. The van der Waals surface area contributed by atoms with Gasteiger partial charge in [-0.15, -0.1) is 0 Å². The first-order chi connectivity index (χ1) is 35.6. The Morgan fingerprint density at radius 3 is 1.23 bits per heavy atom. The molecule has 1 saturated heterocycles. The largest absolute Gasteiger partial charge is 0.494 e. The third-order valence-electron chi connectivity index (χ3n) is 14.7. The lowest BCUT2D eigenvalue weighted by atomic mass is 9.79. The van der Waals surface area contributed by atoms with Gasteiger partial charge in [0.15, 0.2) is 5.82 Å². The van der Waals surface area contributed by atoms with Crippen molar-refractivity contribution in [3.8, 4) is 56.4 Å². The molecule has 13 aromatic rings. The Balaban J connectivity index is 0.000000187. The van der Waals surface area contributed by atoms with Crippen LogP contribution in [0.3, 0.4) is 0 Å². The third-order valence-corrected chi connectivity index (χ3v) is 14.7. The first-order valence-corrected chi connectivity index (χ1v) is 24.8. The van der Waals surface area contributed by atoms with Gasteiger partial charge in [0, 0.05) is 52.6 Å². The Hall–Kier alpha value is -8.76. The lowest BCUT2D eigenvalue weighted by Crippen LogP contribution is -2.41. The molecule has 6 heterocycles. The summed E-state index contributed by atoms with van der Waals surface area (Å²) < 4.78 is 16.3. The van der Waals surface area contributed by atoms with Crippen LogP contribution in [0.1, 0.15) is 35.1 Å². The number of benzene rings is 8. The van der Waals surface area contributed by atoms with Crippen molar-refractivity contribution in [2.45, 2.75) is 46.3 Å². The van der Waals surface area contributed by atoms with Gasteiger partial charge < -0.3 is 18.1 Å². The van der Waals surface area contributed by atoms with Crippen LogP contribution in [0, 0.1) is 0 Å². The fourth-order valence-electron chi connectivity index (χ4n) is 10.1. The molecule has 8 aromatic carbocycles. The van der Waals surface area contributed by atoms with E-state index < -0.39 is 0 Å². The summed E-state index contributed by atoms with van der Waals surface area (Å²) in [5, 5.41) is 9.61. The topological polar surface area (TPSA) is 78.8 Å². The first-order valence-electron chi connectivity index (χ1n) is 24.8. The van der Waals surface area contributed by atoms with Crippen LogP contribution in [0.4, 0.5) is 0 Å². The van der Waals surface area contributed by atoms with Crippen LogP contribution in [0.5, 0.6) is 0 Å². The van der Waals surface area contributed by atoms with Crippen molar-refractivity contribution in [3.05, 3.63) is 225 Å². The van der Waals surface area contributed by atoms with Crippen LogP contribution in [0.15, 0.2) is 225 Å². The Morgan fingerprint density at radius 2 is 0.770 bits per heavy atom. The highest BCUT2D eigenvalue weighted by Gasteiger charge is 2.51. The summed E-state index contributed by atoms with van der Waals surface area (Å²) in [5.74, 6) is 0.684. The highest BCUT2D eigenvalue weighted by atomic mass is 16.7. The van der Waals surface area contributed by atoms with E-state index in [1.165, 1.54) is 43.1 Å². The summed E-state index contributed by atoms with van der Waals surface area (Å²) in [4.78, 5) is 20.1. The Labute approximate surface area is 430 Å². The molecular weight excluding hydrogens is 908 g/mol. The maximum atomic E-state index is 6.10. The van der Waals surface area contributed by atoms with Gasteiger partial charge in [-0.1, -0.05) is 165 Å². The molecule has 0 amide bonds. The molecule has 358 valence electrons. The van der Waals surface area contributed by atoms with Crippen LogP contribution in [0.25, 0.3) is 111 Å². The van der Waals surface area contributed by atoms with Crippen LogP contribution in [-0.2, 0) is 9.31 Å². The van der Waals surface area contributed by atoms with E-state index in [2.05, 4.69) is 203 Å². The summed E-state index contributed by atoms with van der Waals surface area (Å²) in [6.45, 7) is 8.27. The summed E-state index contributed by atoms with van der Waals surface area (Å²) >= 11 is 0. The van der Waals surface area contributed by atoms with Gasteiger partial charge in [0.05, 0.1) is 34.0 Å². The van der Waals surface area contributed by atoms with Gasteiger partial charge >= 0.3 is 7.12 Å². The van der Waals surface area contributed by atoms with E-state index >= 15 is 0 Å². The second-order valence-corrected chi connectivity index (χ2v) is 19.8. The van der Waals surface area contributed by atoms with Gasteiger partial charge in [0.2, 0.25) is 0 Å². The SMILES string of the molecule is C.CC1(C)OB(c2ccc(-c3cn4ccccc4n3)cc2)OC1(C)C.c1ccc2c(c1)cc(-c1cc(-c3cc4ccccc4c4ccccc34)nc(-c3ccc(-c4cn5ccccc5n4)cc3)n1)c1ccccc12. The summed E-state index contributed by atoms with van der Waals surface area (Å²) in [6, 6.07) is 69.9. The molecule has 0 atom stereocenters. The summed E-state index contributed by atoms with van der Waals surface area (Å²) in [5.41, 5.74) is 11.2. The lowest BCUT2D eigenvalue weighted by molar-refractivity contribution is 0.00578. The molecule has 0 saturated carbocycles. The van der Waals surface area contributed by atoms with Crippen molar-refractivity contribution in [2.75, 3.05) is 0 Å². The van der Waals surface area contributed by atoms with Crippen molar-refractivity contribution in [3.63, 3.8) is 0 Å². The number of rotatable bonds is 6. The molecule has 0 radical (unpaired) electrons. The number of fused-ring (bicyclic) bond motifs is 8. The third kappa shape index (κ3) is 8.26. The average molecular weight is 961 g/mol. The van der Waals surface area contributed by atoms with Gasteiger partial charge in [-0.05, 0) is 119 Å². The van der Waals surface area contributed by atoms with Gasteiger partial charge in [-0.2, -0.15) is 0 Å². The molecule has 9 heteroatoms. The van der Waals surface area contributed by atoms with Crippen molar-refractivity contribution in [1.82, 2.24) is 28.7 Å². The minimum absolute atomic E-state index is 0. The number of imidazole rings is 2. The maximum Gasteiger partial charge on any atom is 0.494 e. The van der Waals surface area contributed by atoms with Crippen molar-refractivity contribution in [1.29, 1.82) is 0 Å². The van der Waals surface area contributed by atoms with Gasteiger partial charge in [0.1, 0.15) is 11.3 Å². The fourth-order valence-corrected chi connectivity index (χ4v) is 10.1. The average Bonchev–Trinajstić information content (AvgIpc) is 4.14. The molecule has 0 aliphatic carbocycles. The van der Waals surface area contributed by atoms with Crippen LogP contribution in [-0.4, -0.2) is 47.1 Å². The summed E-state index contributed by atoms with van der Waals surface area (Å²) in [7, 11) is -0.329. The van der Waals surface area contributed by atoms with E-state index in [9.17, 15) is 0 Å². The quantitative estimate of drug-likeness (QED) is 0.122. The molecule has 0 spiro atoms. The minimum atomic E-state index is -0.329. The van der Waals surface area contributed by atoms with Gasteiger partial charge in [-0.3, -0.25) is 0 Å². The fraction of sp³-hybridized carbons (Fsp3) is 0.108. The first kappa shape index (κ1) is 46.3. The number of aromatic nitrogens is 6. The standard InChI is InChI=1S/C45H28N4.C19H21BN2O2.CH4/c1-3-13-33-31(11-1)25-39(37-17-7-5-15-35(33)37)41-27-42(40-26-32-12-2-4-14-34(32)36-16-6-8-18-38(36)40)48-45(47-41)30-22-20-29(21-23-30)43-28-49-24-10-9-19-44(49)46-43;1-18(2)19(3,4)24-20(23-18)15-10-8-14(9-11-15)16-13-22-12-6-5-7-17(22)21-16;/h1-28H;5-13H,1-4H3;1H4. The lowest BCUT2D eigenvalue weighted by Gasteiger charge is -2.32. The zero-order chi connectivity index (χ0) is 49.3. The van der Waals surface area contributed by atoms with Crippen molar-refractivity contribution in [2.24, 2.45) is 0 Å². The molecule has 1 aliphatic rings. The number of nitrogens with zero attached hydrogens (tertiary/aromatic N) is 6. The molecule has 0 N–H and O–H groups in total. The molecule has 1 fully saturated rings. The maximum absolute atomic E-state index is 6.10. The number of pyridine rings is 2. The van der Waals surface area contributed by atoms with Gasteiger partial charge in [-0.25, -0.2) is 19.9 Å². The van der Waals surface area contributed by atoms with Crippen molar-refractivity contribution < 1.29 is 9.31 Å². The Morgan fingerprint density at radius 1 is 0.378 bits per heavy atom. The van der Waals surface area contributed by atoms with E-state index in [4.69, 9.17) is 24.3 Å². The normalized spacial score (nSPS) is 13.9. The second kappa shape index (κ2) is 18.4.